The van der Waals surface area contributed by atoms with Crippen molar-refractivity contribution in [3.05, 3.63) is 0 Å². The standard InChI is InChI=1S/C12H22N2O3S/c1-8(2)9(3)13-12(17)14-4-5-18-7-10(14)6-11(15)16/h8-10H,4-7H2,1-3H3,(H,13,17)(H,15,16). The van der Waals surface area contributed by atoms with Crippen LogP contribution < -0.4 is 5.32 Å². The van der Waals surface area contributed by atoms with Crippen LogP contribution in [0.1, 0.15) is 27.2 Å². The van der Waals surface area contributed by atoms with Gasteiger partial charge in [-0.25, -0.2) is 4.79 Å². The van der Waals surface area contributed by atoms with Gasteiger partial charge in [-0.2, -0.15) is 11.8 Å². The van der Waals surface area contributed by atoms with Crippen LogP contribution in [0.5, 0.6) is 0 Å². The van der Waals surface area contributed by atoms with Gasteiger partial charge in [-0.1, -0.05) is 13.8 Å². The largest absolute Gasteiger partial charge is 0.481 e. The predicted molar refractivity (Wildman–Crippen MR) is 72.9 cm³/mol. The monoisotopic (exact) mass is 274 g/mol. The molecule has 1 aliphatic rings. The number of nitrogens with zero attached hydrogens (tertiary/aromatic N) is 1. The Kier molecular flexibility index (Phi) is 5.78. The number of amides is 2. The number of rotatable bonds is 4. The molecule has 0 aromatic rings. The molecule has 0 bridgehead atoms. The van der Waals surface area contributed by atoms with Gasteiger partial charge in [-0.3, -0.25) is 4.79 Å². The third kappa shape index (κ3) is 4.40. The zero-order valence-corrected chi connectivity index (χ0v) is 12.0. The molecule has 5 nitrogen and oxygen atoms in total. The highest BCUT2D eigenvalue weighted by Crippen LogP contribution is 2.19. The van der Waals surface area contributed by atoms with E-state index in [1.165, 1.54) is 0 Å². The molecule has 1 rings (SSSR count). The molecule has 6 heteroatoms. The number of thioether (sulfide) groups is 1. The molecular formula is C12H22N2O3S. The van der Waals surface area contributed by atoms with Crippen LogP contribution in [0.4, 0.5) is 4.79 Å². The molecule has 2 amide bonds. The van der Waals surface area contributed by atoms with Crippen molar-refractivity contribution in [1.82, 2.24) is 10.2 Å². The van der Waals surface area contributed by atoms with Crippen molar-refractivity contribution in [2.75, 3.05) is 18.1 Å². The average Bonchev–Trinajstić information content (AvgIpc) is 2.28. The van der Waals surface area contributed by atoms with Crippen LogP contribution in [0.15, 0.2) is 0 Å². The Morgan fingerprint density at radius 1 is 1.44 bits per heavy atom. The van der Waals surface area contributed by atoms with Gasteiger partial charge >= 0.3 is 12.0 Å². The number of hydrogen-bond acceptors (Lipinski definition) is 3. The lowest BCUT2D eigenvalue weighted by Gasteiger charge is -2.35. The molecule has 1 aliphatic heterocycles. The molecule has 2 N–H and O–H groups in total. The zero-order valence-electron chi connectivity index (χ0n) is 11.2. The summed E-state index contributed by atoms with van der Waals surface area (Å²) in [4.78, 5) is 24.6. The van der Waals surface area contributed by atoms with Crippen LogP contribution in [0.3, 0.4) is 0 Å². The molecule has 104 valence electrons. The van der Waals surface area contributed by atoms with E-state index < -0.39 is 5.97 Å². The summed E-state index contributed by atoms with van der Waals surface area (Å²) in [6.45, 7) is 6.68. The van der Waals surface area contributed by atoms with Crippen molar-refractivity contribution >= 4 is 23.8 Å². The van der Waals surface area contributed by atoms with E-state index in [1.807, 2.05) is 20.8 Å². The number of carbonyl (C=O) groups excluding carboxylic acids is 1. The fraction of sp³-hybridized carbons (Fsp3) is 0.833. The van der Waals surface area contributed by atoms with Crippen LogP contribution in [-0.4, -0.2) is 52.1 Å². The quantitative estimate of drug-likeness (QED) is 0.817. The lowest BCUT2D eigenvalue weighted by atomic mass is 10.1. The Bertz CT molecular complexity index is 310. The normalized spacial score (nSPS) is 21.8. The highest BCUT2D eigenvalue weighted by Gasteiger charge is 2.29. The average molecular weight is 274 g/mol. The molecule has 0 radical (unpaired) electrons. The maximum atomic E-state index is 12.1. The molecule has 1 heterocycles. The summed E-state index contributed by atoms with van der Waals surface area (Å²) in [5, 5.41) is 11.8. The van der Waals surface area contributed by atoms with Gasteiger partial charge in [0.2, 0.25) is 0 Å². The van der Waals surface area contributed by atoms with Gasteiger partial charge in [0, 0.05) is 24.1 Å². The Labute approximate surface area is 112 Å². The molecule has 0 saturated carbocycles. The second kappa shape index (κ2) is 6.87. The van der Waals surface area contributed by atoms with Crippen molar-refractivity contribution in [2.45, 2.75) is 39.3 Å². The van der Waals surface area contributed by atoms with Gasteiger partial charge in [0.05, 0.1) is 12.5 Å². The van der Waals surface area contributed by atoms with Crippen molar-refractivity contribution in [3.8, 4) is 0 Å². The molecule has 0 spiro atoms. The smallest absolute Gasteiger partial charge is 0.317 e. The van der Waals surface area contributed by atoms with E-state index >= 15 is 0 Å². The molecule has 1 saturated heterocycles. The Morgan fingerprint density at radius 3 is 2.67 bits per heavy atom. The van der Waals surface area contributed by atoms with E-state index in [9.17, 15) is 9.59 Å². The van der Waals surface area contributed by atoms with Crippen molar-refractivity contribution in [1.29, 1.82) is 0 Å². The first kappa shape index (κ1) is 15.1. The topological polar surface area (TPSA) is 69.6 Å². The fourth-order valence-corrected chi connectivity index (χ4v) is 2.80. The third-order valence-corrected chi connectivity index (χ3v) is 4.34. The number of urea groups is 1. The predicted octanol–water partition coefficient (Wildman–Crippen LogP) is 1.63. The van der Waals surface area contributed by atoms with Crippen molar-refractivity contribution in [2.24, 2.45) is 5.92 Å². The van der Waals surface area contributed by atoms with Gasteiger partial charge < -0.3 is 15.3 Å². The van der Waals surface area contributed by atoms with Crippen LogP contribution in [-0.2, 0) is 4.79 Å². The highest BCUT2D eigenvalue weighted by atomic mass is 32.2. The number of aliphatic carboxylic acids is 1. The second-order valence-electron chi connectivity index (χ2n) is 5.00. The minimum Gasteiger partial charge on any atom is -0.481 e. The molecule has 0 aromatic carbocycles. The minimum atomic E-state index is -0.850. The first-order valence-electron chi connectivity index (χ1n) is 6.28. The summed E-state index contributed by atoms with van der Waals surface area (Å²) in [6.07, 6.45) is 0.0243. The number of nitrogens with one attached hydrogen (secondary N) is 1. The van der Waals surface area contributed by atoms with E-state index in [0.717, 1.165) is 5.75 Å². The summed E-state index contributed by atoms with van der Waals surface area (Å²) < 4.78 is 0. The van der Waals surface area contributed by atoms with Gasteiger partial charge in [-0.05, 0) is 12.8 Å². The first-order chi connectivity index (χ1) is 8.41. The second-order valence-corrected chi connectivity index (χ2v) is 6.15. The van der Waals surface area contributed by atoms with Gasteiger partial charge in [0.25, 0.3) is 0 Å². The minimum absolute atomic E-state index is 0.0243. The van der Waals surface area contributed by atoms with Crippen LogP contribution >= 0.6 is 11.8 Å². The maximum absolute atomic E-state index is 12.1. The summed E-state index contributed by atoms with van der Waals surface area (Å²) in [6, 6.07) is -0.235. The number of carboxylic acids is 1. The van der Waals surface area contributed by atoms with Crippen molar-refractivity contribution < 1.29 is 14.7 Å². The Balaban J connectivity index is 2.59. The van der Waals surface area contributed by atoms with Gasteiger partial charge in [0.15, 0.2) is 0 Å². The number of hydrogen-bond donors (Lipinski definition) is 2. The molecule has 2 atom stereocenters. The van der Waals surface area contributed by atoms with E-state index in [1.54, 1.807) is 16.7 Å². The molecule has 2 unspecified atom stereocenters. The molecular weight excluding hydrogens is 252 g/mol. The first-order valence-corrected chi connectivity index (χ1v) is 7.44. The maximum Gasteiger partial charge on any atom is 0.317 e. The van der Waals surface area contributed by atoms with Gasteiger partial charge in [-0.15, -0.1) is 0 Å². The SMILES string of the molecule is CC(C)C(C)NC(=O)N1CCSCC1CC(=O)O. The van der Waals surface area contributed by atoms with Gasteiger partial charge in [0.1, 0.15) is 0 Å². The lowest BCUT2D eigenvalue weighted by molar-refractivity contribution is -0.138. The zero-order chi connectivity index (χ0) is 13.7. The van der Waals surface area contributed by atoms with E-state index in [0.29, 0.717) is 18.2 Å². The van der Waals surface area contributed by atoms with Crippen LogP contribution in [0.2, 0.25) is 0 Å². The summed E-state index contributed by atoms with van der Waals surface area (Å²) in [5.41, 5.74) is 0. The van der Waals surface area contributed by atoms with Crippen molar-refractivity contribution in [3.63, 3.8) is 0 Å². The molecule has 1 fully saturated rings. The third-order valence-electron chi connectivity index (χ3n) is 3.25. The fourth-order valence-electron chi connectivity index (χ4n) is 1.74. The highest BCUT2D eigenvalue weighted by molar-refractivity contribution is 7.99. The van der Waals surface area contributed by atoms with E-state index in [2.05, 4.69) is 5.32 Å². The summed E-state index contributed by atoms with van der Waals surface area (Å²) in [5.74, 6) is 1.10. The lowest BCUT2D eigenvalue weighted by Crippen LogP contribution is -2.53. The summed E-state index contributed by atoms with van der Waals surface area (Å²) >= 11 is 1.71. The molecule has 0 aromatic heterocycles. The Morgan fingerprint density at radius 2 is 2.11 bits per heavy atom. The summed E-state index contributed by atoms with van der Waals surface area (Å²) in [7, 11) is 0. The van der Waals surface area contributed by atoms with Crippen LogP contribution in [0.25, 0.3) is 0 Å². The number of carboxylic acid groups (broad SMARTS) is 1. The van der Waals surface area contributed by atoms with E-state index in [4.69, 9.17) is 5.11 Å². The number of carbonyl (C=O) groups is 2. The molecule has 0 aliphatic carbocycles. The van der Waals surface area contributed by atoms with E-state index in [-0.39, 0.29) is 24.5 Å². The van der Waals surface area contributed by atoms with Crippen LogP contribution in [0, 0.1) is 5.92 Å². The molecule has 18 heavy (non-hydrogen) atoms. The Hall–Kier alpha value is -0.910.